The SMILES string of the molecule is CO[Si](CCCn1c(=O)n(CCC[Si](OC)(OC)c2ccccc2)c(=O)n(CCC[Si](OC)(OC)c2ccccc2)c1=O)(OC)c1ccccc1. The zero-order valence-electron chi connectivity index (χ0n) is 30.5. The number of nitrogens with zero attached hydrogens (tertiary/aromatic N) is 3. The summed E-state index contributed by atoms with van der Waals surface area (Å²) in [5.74, 6) is 0. The standard InChI is InChI=1S/C36H51N3O9Si3/c1-43-49(44-2,31-19-10-7-11-20-31)28-16-25-37-34(40)38(26-17-29-50(45-3,46-4)32-21-12-8-13-22-32)36(42)39(35(37)41)27-18-30-51(47-5,48-6)33-23-14-9-15-24-33/h7-15,19-24H,16-18,25-30H2,1-6H3. The van der Waals surface area contributed by atoms with E-state index >= 15 is 0 Å². The topological polar surface area (TPSA) is 121 Å². The molecule has 0 bridgehead atoms. The summed E-state index contributed by atoms with van der Waals surface area (Å²) in [7, 11) is 1.20. The molecule has 51 heavy (non-hydrogen) atoms. The van der Waals surface area contributed by atoms with Crippen molar-refractivity contribution in [3.63, 3.8) is 0 Å². The number of hydrogen-bond acceptors (Lipinski definition) is 9. The normalized spacial score (nSPS) is 12.4. The maximum atomic E-state index is 14.0. The Morgan fingerprint density at radius 2 is 0.608 bits per heavy atom. The molecule has 0 atom stereocenters. The average molecular weight is 754 g/mol. The molecule has 0 spiro atoms. The third kappa shape index (κ3) is 8.93. The van der Waals surface area contributed by atoms with Crippen LogP contribution in [0, 0.1) is 0 Å². The fourth-order valence-electron chi connectivity index (χ4n) is 6.74. The van der Waals surface area contributed by atoms with Crippen molar-refractivity contribution in [2.45, 2.75) is 57.0 Å². The van der Waals surface area contributed by atoms with Gasteiger partial charge in [0.2, 0.25) is 0 Å². The molecular formula is C36H51N3O9Si3. The highest BCUT2D eigenvalue weighted by Gasteiger charge is 2.40. The van der Waals surface area contributed by atoms with E-state index in [4.69, 9.17) is 26.6 Å². The molecular weight excluding hydrogens is 703 g/mol. The lowest BCUT2D eigenvalue weighted by atomic mass is 10.4. The molecule has 0 saturated carbocycles. The number of hydrogen-bond donors (Lipinski definition) is 0. The van der Waals surface area contributed by atoms with E-state index < -0.39 is 42.8 Å². The Kier molecular flexibility index (Phi) is 14.9. The van der Waals surface area contributed by atoms with Crippen LogP contribution in [-0.2, 0) is 46.2 Å². The van der Waals surface area contributed by atoms with Crippen molar-refractivity contribution in [3.05, 3.63) is 122 Å². The monoisotopic (exact) mass is 753 g/mol. The molecule has 0 unspecified atom stereocenters. The Bertz CT molecular complexity index is 1580. The Balaban J connectivity index is 1.66. The van der Waals surface area contributed by atoms with Crippen molar-refractivity contribution in [2.24, 2.45) is 0 Å². The third-order valence-electron chi connectivity index (χ3n) is 9.67. The molecule has 0 radical (unpaired) electrons. The molecule has 0 amide bonds. The van der Waals surface area contributed by atoms with Gasteiger partial charge < -0.3 is 26.6 Å². The minimum atomic E-state index is -2.85. The van der Waals surface area contributed by atoms with Crippen molar-refractivity contribution in [3.8, 4) is 0 Å². The van der Waals surface area contributed by atoms with Crippen LogP contribution >= 0.6 is 0 Å². The first-order valence-corrected chi connectivity index (χ1v) is 23.2. The van der Waals surface area contributed by atoms with Gasteiger partial charge in [0.15, 0.2) is 0 Å². The van der Waals surface area contributed by atoms with E-state index in [1.54, 1.807) is 42.7 Å². The molecule has 4 rings (SSSR count). The maximum Gasteiger partial charge on any atom is 0.372 e. The summed E-state index contributed by atoms with van der Waals surface area (Å²) in [5, 5.41) is 2.86. The van der Waals surface area contributed by atoms with Crippen LogP contribution in [0.4, 0.5) is 0 Å². The zero-order chi connectivity index (χ0) is 36.9. The van der Waals surface area contributed by atoms with E-state index in [-0.39, 0.29) is 19.6 Å². The van der Waals surface area contributed by atoms with Crippen LogP contribution in [0.2, 0.25) is 18.1 Å². The van der Waals surface area contributed by atoms with Gasteiger partial charge in [0.05, 0.1) is 0 Å². The molecule has 12 nitrogen and oxygen atoms in total. The van der Waals surface area contributed by atoms with E-state index in [9.17, 15) is 14.4 Å². The summed E-state index contributed by atoms with van der Waals surface area (Å²) in [6, 6.07) is 30.7. The van der Waals surface area contributed by atoms with Gasteiger partial charge in [-0.25, -0.2) is 28.1 Å². The van der Waals surface area contributed by atoms with E-state index in [2.05, 4.69) is 0 Å². The molecule has 276 valence electrons. The fraction of sp³-hybridized carbons (Fsp3) is 0.417. The van der Waals surface area contributed by atoms with Crippen molar-refractivity contribution in [1.29, 1.82) is 0 Å². The van der Waals surface area contributed by atoms with E-state index in [1.807, 2.05) is 91.0 Å². The Hall–Kier alpha value is -3.52. The number of aromatic nitrogens is 3. The summed E-state index contributed by atoms with van der Waals surface area (Å²) < 4.78 is 39.3. The largest absolute Gasteiger partial charge is 0.394 e. The van der Waals surface area contributed by atoms with Crippen LogP contribution in [0.5, 0.6) is 0 Å². The molecule has 0 aliphatic heterocycles. The Labute approximate surface area is 302 Å². The van der Waals surface area contributed by atoms with Gasteiger partial charge in [-0.15, -0.1) is 0 Å². The molecule has 0 fully saturated rings. The second-order valence-corrected chi connectivity index (χ2v) is 22.4. The molecule has 15 heteroatoms. The van der Waals surface area contributed by atoms with Crippen molar-refractivity contribution in [2.75, 3.05) is 42.7 Å². The zero-order valence-corrected chi connectivity index (χ0v) is 33.5. The van der Waals surface area contributed by atoms with Gasteiger partial charge in [-0.05, 0) is 53.0 Å². The predicted molar refractivity (Wildman–Crippen MR) is 205 cm³/mol. The van der Waals surface area contributed by atoms with Crippen LogP contribution in [0.25, 0.3) is 0 Å². The second-order valence-electron chi connectivity index (χ2n) is 12.2. The summed E-state index contributed by atoms with van der Waals surface area (Å²) in [6.45, 7) is 0.262. The molecule has 0 aliphatic carbocycles. The minimum absolute atomic E-state index is 0.0872. The van der Waals surface area contributed by atoms with Gasteiger partial charge in [0.25, 0.3) is 0 Å². The van der Waals surface area contributed by atoms with Crippen LogP contribution in [0.15, 0.2) is 105 Å². The van der Waals surface area contributed by atoms with Crippen LogP contribution in [0.1, 0.15) is 19.3 Å². The highest BCUT2D eigenvalue weighted by atomic mass is 28.4. The average Bonchev–Trinajstić information content (AvgIpc) is 3.19. The molecule has 4 aromatic rings. The predicted octanol–water partition coefficient (Wildman–Crippen LogP) is 2.27. The molecule has 0 N–H and O–H groups in total. The van der Waals surface area contributed by atoms with Gasteiger partial charge >= 0.3 is 42.8 Å². The van der Waals surface area contributed by atoms with Gasteiger partial charge in [-0.2, -0.15) is 0 Å². The smallest absolute Gasteiger partial charge is 0.372 e. The Morgan fingerprint density at radius 3 is 0.804 bits per heavy atom. The number of benzene rings is 3. The lowest BCUT2D eigenvalue weighted by Gasteiger charge is -2.28. The van der Waals surface area contributed by atoms with E-state index in [0.29, 0.717) is 37.4 Å². The Morgan fingerprint density at radius 1 is 0.392 bits per heavy atom. The third-order valence-corrected chi connectivity index (χ3v) is 20.3. The van der Waals surface area contributed by atoms with Crippen molar-refractivity contribution < 1.29 is 26.6 Å². The molecule has 1 aromatic heterocycles. The van der Waals surface area contributed by atoms with E-state index in [1.165, 1.54) is 13.7 Å². The fourth-order valence-corrected chi connectivity index (χ4v) is 14.7. The molecule has 0 saturated heterocycles. The molecule has 1 heterocycles. The van der Waals surface area contributed by atoms with Gasteiger partial charge in [0, 0.05) is 62.3 Å². The highest BCUT2D eigenvalue weighted by Crippen LogP contribution is 2.18. The van der Waals surface area contributed by atoms with E-state index in [0.717, 1.165) is 15.6 Å². The summed E-state index contributed by atoms with van der Waals surface area (Å²) in [4.78, 5) is 41.9. The van der Waals surface area contributed by atoms with Gasteiger partial charge in [0.1, 0.15) is 0 Å². The van der Waals surface area contributed by atoms with Gasteiger partial charge in [-0.3, -0.25) is 0 Å². The lowest BCUT2D eigenvalue weighted by molar-refractivity contribution is 0.254. The first kappa shape index (κ1) is 40.3. The summed E-state index contributed by atoms with van der Waals surface area (Å²) in [5.41, 5.74) is -1.94. The second kappa shape index (κ2) is 18.8. The van der Waals surface area contributed by atoms with Crippen molar-refractivity contribution >= 4 is 41.2 Å². The minimum Gasteiger partial charge on any atom is -0.394 e. The maximum absolute atomic E-state index is 14.0. The quantitative estimate of drug-likeness (QED) is 0.118. The molecule has 0 aliphatic rings. The first-order valence-electron chi connectivity index (χ1n) is 17.1. The lowest BCUT2D eigenvalue weighted by Crippen LogP contribution is -2.56. The highest BCUT2D eigenvalue weighted by molar-refractivity contribution is 6.82. The summed E-state index contributed by atoms with van der Waals surface area (Å²) >= 11 is 0. The van der Waals surface area contributed by atoms with Crippen LogP contribution < -0.4 is 32.6 Å². The summed E-state index contributed by atoms with van der Waals surface area (Å²) in [6.07, 6.45) is 1.26. The van der Waals surface area contributed by atoms with Crippen molar-refractivity contribution in [1.82, 2.24) is 13.7 Å². The first-order chi connectivity index (χ1) is 24.7. The number of rotatable bonds is 21. The van der Waals surface area contributed by atoms with Crippen LogP contribution in [-0.4, -0.2) is 82.0 Å². The van der Waals surface area contributed by atoms with Gasteiger partial charge in [-0.1, -0.05) is 91.0 Å². The van der Waals surface area contributed by atoms with Crippen LogP contribution in [0.3, 0.4) is 0 Å². The molecule has 3 aromatic carbocycles.